The van der Waals surface area contributed by atoms with Crippen molar-refractivity contribution in [2.45, 2.75) is 27.3 Å². The van der Waals surface area contributed by atoms with Crippen LogP contribution in [-0.4, -0.2) is 38.9 Å². The number of thiazole rings is 1. The Balaban J connectivity index is 1.74. The SMILES string of the molecule is Cc1nc(C)c(-c2cccc(C(=O)N(C)CCn3ccnc3C)c2)s1. The first-order valence-corrected chi connectivity index (χ1v) is 9.05. The van der Waals surface area contributed by atoms with E-state index in [0.717, 1.165) is 33.5 Å². The first kappa shape index (κ1) is 17.4. The van der Waals surface area contributed by atoms with E-state index >= 15 is 0 Å². The molecule has 1 amide bonds. The average Bonchev–Trinajstić information content (AvgIpc) is 3.16. The van der Waals surface area contributed by atoms with Crippen LogP contribution in [0.15, 0.2) is 36.7 Å². The highest BCUT2D eigenvalue weighted by Gasteiger charge is 2.14. The molecule has 2 heterocycles. The minimum Gasteiger partial charge on any atom is -0.340 e. The number of aryl methyl sites for hydroxylation is 3. The van der Waals surface area contributed by atoms with Crippen molar-refractivity contribution < 1.29 is 4.79 Å². The second-order valence-corrected chi connectivity index (χ2v) is 7.33. The molecular weight excluding hydrogens is 332 g/mol. The molecule has 6 heteroatoms. The molecule has 5 nitrogen and oxygen atoms in total. The number of hydrogen-bond acceptors (Lipinski definition) is 4. The Morgan fingerprint density at radius 3 is 2.72 bits per heavy atom. The summed E-state index contributed by atoms with van der Waals surface area (Å²) in [7, 11) is 1.84. The van der Waals surface area contributed by atoms with E-state index in [1.54, 1.807) is 22.4 Å². The van der Waals surface area contributed by atoms with Gasteiger partial charge in [0.15, 0.2) is 0 Å². The molecule has 3 aromatic rings. The molecule has 0 atom stereocenters. The van der Waals surface area contributed by atoms with E-state index in [9.17, 15) is 4.79 Å². The van der Waals surface area contributed by atoms with Crippen LogP contribution in [0, 0.1) is 20.8 Å². The second kappa shape index (κ2) is 7.19. The largest absolute Gasteiger partial charge is 0.340 e. The molecular formula is C19H22N4OS. The Kier molecular flexibility index (Phi) is 4.99. The van der Waals surface area contributed by atoms with Crippen LogP contribution in [0.1, 0.15) is 26.9 Å². The summed E-state index contributed by atoms with van der Waals surface area (Å²) in [5.41, 5.74) is 2.76. The lowest BCUT2D eigenvalue weighted by Gasteiger charge is -2.18. The lowest BCUT2D eigenvalue weighted by atomic mass is 10.1. The highest BCUT2D eigenvalue weighted by molar-refractivity contribution is 7.15. The van der Waals surface area contributed by atoms with Crippen LogP contribution in [0.3, 0.4) is 0 Å². The third kappa shape index (κ3) is 3.79. The normalized spacial score (nSPS) is 10.9. The number of imidazole rings is 1. The van der Waals surface area contributed by atoms with E-state index in [1.165, 1.54) is 0 Å². The Hall–Kier alpha value is -2.47. The summed E-state index contributed by atoms with van der Waals surface area (Å²) < 4.78 is 2.05. The molecule has 0 unspecified atom stereocenters. The second-order valence-electron chi connectivity index (χ2n) is 6.12. The van der Waals surface area contributed by atoms with Gasteiger partial charge < -0.3 is 9.47 Å². The predicted octanol–water partition coefficient (Wildman–Crippen LogP) is 3.70. The molecule has 1 aromatic carbocycles. The fourth-order valence-electron chi connectivity index (χ4n) is 2.81. The molecule has 25 heavy (non-hydrogen) atoms. The maximum absolute atomic E-state index is 12.8. The third-order valence-corrected chi connectivity index (χ3v) is 5.34. The van der Waals surface area contributed by atoms with Gasteiger partial charge in [-0.3, -0.25) is 4.79 Å². The van der Waals surface area contributed by atoms with Crippen LogP contribution in [-0.2, 0) is 6.54 Å². The van der Waals surface area contributed by atoms with Crippen molar-refractivity contribution in [3.63, 3.8) is 0 Å². The van der Waals surface area contributed by atoms with Gasteiger partial charge in [0.25, 0.3) is 5.91 Å². The third-order valence-electron chi connectivity index (χ3n) is 4.22. The zero-order chi connectivity index (χ0) is 18.0. The van der Waals surface area contributed by atoms with Gasteiger partial charge in [0.05, 0.1) is 15.6 Å². The molecule has 0 aliphatic heterocycles. The monoisotopic (exact) mass is 354 g/mol. The molecule has 0 saturated carbocycles. The molecule has 0 spiro atoms. The molecule has 0 aliphatic rings. The molecule has 0 aliphatic carbocycles. The van der Waals surface area contributed by atoms with E-state index < -0.39 is 0 Å². The quantitative estimate of drug-likeness (QED) is 0.702. The van der Waals surface area contributed by atoms with Crippen LogP contribution in [0.4, 0.5) is 0 Å². The number of carbonyl (C=O) groups excluding carboxylic acids is 1. The van der Waals surface area contributed by atoms with Gasteiger partial charge in [-0.15, -0.1) is 11.3 Å². The first-order chi connectivity index (χ1) is 12.0. The number of benzene rings is 1. The van der Waals surface area contributed by atoms with E-state index in [-0.39, 0.29) is 5.91 Å². The number of hydrogen-bond donors (Lipinski definition) is 0. The van der Waals surface area contributed by atoms with E-state index in [4.69, 9.17) is 0 Å². The average molecular weight is 354 g/mol. The molecule has 0 bridgehead atoms. The highest BCUT2D eigenvalue weighted by atomic mass is 32.1. The van der Waals surface area contributed by atoms with E-state index in [1.807, 2.05) is 62.8 Å². The molecule has 130 valence electrons. The van der Waals surface area contributed by atoms with Crippen LogP contribution in [0.2, 0.25) is 0 Å². The van der Waals surface area contributed by atoms with Gasteiger partial charge in [0.1, 0.15) is 5.82 Å². The lowest BCUT2D eigenvalue weighted by molar-refractivity contribution is 0.0790. The molecule has 0 saturated heterocycles. The fourth-order valence-corrected chi connectivity index (χ4v) is 3.73. The van der Waals surface area contributed by atoms with Crippen molar-refractivity contribution in [3.05, 3.63) is 58.7 Å². The van der Waals surface area contributed by atoms with Crippen molar-refractivity contribution in [1.29, 1.82) is 0 Å². The van der Waals surface area contributed by atoms with Crippen LogP contribution >= 0.6 is 11.3 Å². The summed E-state index contributed by atoms with van der Waals surface area (Å²) in [4.78, 5) is 24.3. The summed E-state index contributed by atoms with van der Waals surface area (Å²) in [6.45, 7) is 7.35. The van der Waals surface area contributed by atoms with Crippen molar-refractivity contribution in [2.75, 3.05) is 13.6 Å². The molecule has 2 aromatic heterocycles. The number of aromatic nitrogens is 3. The summed E-state index contributed by atoms with van der Waals surface area (Å²) in [5, 5.41) is 1.04. The van der Waals surface area contributed by atoms with E-state index in [2.05, 4.69) is 9.97 Å². The number of amides is 1. The summed E-state index contributed by atoms with van der Waals surface area (Å²) in [6, 6.07) is 7.80. The van der Waals surface area contributed by atoms with Crippen molar-refractivity contribution >= 4 is 17.2 Å². The molecule has 3 rings (SSSR count). The number of carbonyl (C=O) groups is 1. The molecule has 0 radical (unpaired) electrons. The Morgan fingerprint density at radius 2 is 2.08 bits per heavy atom. The van der Waals surface area contributed by atoms with Gasteiger partial charge in [-0.1, -0.05) is 12.1 Å². The van der Waals surface area contributed by atoms with Crippen molar-refractivity contribution in [3.8, 4) is 10.4 Å². The Bertz CT molecular complexity index is 896. The van der Waals surface area contributed by atoms with E-state index in [0.29, 0.717) is 12.1 Å². The maximum Gasteiger partial charge on any atom is 0.253 e. The zero-order valence-corrected chi connectivity index (χ0v) is 15.8. The van der Waals surface area contributed by atoms with Gasteiger partial charge in [0.2, 0.25) is 0 Å². The lowest BCUT2D eigenvalue weighted by Crippen LogP contribution is -2.30. The minimum atomic E-state index is 0.0264. The number of likely N-dealkylation sites (N-methyl/N-ethyl adjacent to an activating group) is 1. The van der Waals surface area contributed by atoms with Gasteiger partial charge in [0, 0.05) is 38.1 Å². The number of nitrogens with zero attached hydrogens (tertiary/aromatic N) is 4. The van der Waals surface area contributed by atoms with Gasteiger partial charge in [-0.2, -0.15) is 0 Å². The van der Waals surface area contributed by atoms with Crippen LogP contribution < -0.4 is 0 Å². The maximum atomic E-state index is 12.8. The zero-order valence-electron chi connectivity index (χ0n) is 15.0. The smallest absolute Gasteiger partial charge is 0.253 e. The van der Waals surface area contributed by atoms with Crippen LogP contribution in [0.25, 0.3) is 10.4 Å². The minimum absolute atomic E-state index is 0.0264. The predicted molar refractivity (Wildman–Crippen MR) is 101 cm³/mol. The molecule has 0 fully saturated rings. The van der Waals surface area contributed by atoms with Crippen molar-refractivity contribution in [2.24, 2.45) is 0 Å². The standard InChI is InChI=1S/C19H22N4OS/c1-13-18(25-15(3)21-13)16-6-5-7-17(12-16)19(24)22(4)10-11-23-9-8-20-14(23)2/h5-9,12H,10-11H2,1-4H3. The first-order valence-electron chi connectivity index (χ1n) is 8.23. The van der Waals surface area contributed by atoms with Crippen molar-refractivity contribution in [1.82, 2.24) is 19.4 Å². The summed E-state index contributed by atoms with van der Waals surface area (Å²) in [5.74, 6) is 0.984. The fraction of sp³-hybridized carbons (Fsp3) is 0.316. The number of rotatable bonds is 5. The topological polar surface area (TPSA) is 51.0 Å². The van der Waals surface area contributed by atoms with Crippen LogP contribution in [0.5, 0.6) is 0 Å². The Labute approximate surface area is 152 Å². The summed E-state index contributed by atoms with van der Waals surface area (Å²) in [6.07, 6.45) is 3.71. The Morgan fingerprint density at radius 1 is 1.28 bits per heavy atom. The van der Waals surface area contributed by atoms with Gasteiger partial charge in [-0.05, 0) is 38.5 Å². The van der Waals surface area contributed by atoms with Gasteiger partial charge >= 0.3 is 0 Å². The van der Waals surface area contributed by atoms with Gasteiger partial charge in [-0.25, -0.2) is 9.97 Å². The highest BCUT2D eigenvalue weighted by Crippen LogP contribution is 2.30. The molecule has 0 N–H and O–H groups in total. The summed E-state index contributed by atoms with van der Waals surface area (Å²) >= 11 is 1.66.